The van der Waals surface area contributed by atoms with E-state index < -0.39 is 0 Å². The van der Waals surface area contributed by atoms with E-state index in [9.17, 15) is 4.79 Å². The van der Waals surface area contributed by atoms with Gasteiger partial charge >= 0.3 is 0 Å². The van der Waals surface area contributed by atoms with Crippen LogP contribution in [0.4, 0.5) is 0 Å². The Morgan fingerprint density at radius 3 is 2.73 bits per heavy atom. The Morgan fingerprint density at radius 2 is 2.14 bits per heavy atom. The number of carbonyl (C=O) groups is 1. The number of methoxy groups -OCH3 is 2. The van der Waals surface area contributed by atoms with E-state index in [1.165, 1.54) is 16.7 Å². The Balaban J connectivity index is 2.45. The first-order chi connectivity index (χ1) is 10.5. The maximum absolute atomic E-state index is 12.4. The van der Waals surface area contributed by atoms with Crippen molar-refractivity contribution < 1.29 is 14.3 Å². The molecule has 0 radical (unpaired) electrons. The molecule has 7 heteroatoms. The fraction of sp³-hybridized carbons (Fsp3) is 0.200. The van der Waals surface area contributed by atoms with Crippen molar-refractivity contribution in [3.05, 3.63) is 39.7 Å². The van der Waals surface area contributed by atoms with Gasteiger partial charge in [0.2, 0.25) is 0 Å². The van der Waals surface area contributed by atoms with Crippen LogP contribution in [0.1, 0.15) is 5.56 Å². The van der Waals surface area contributed by atoms with E-state index in [4.69, 9.17) is 21.7 Å². The van der Waals surface area contributed by atoms with Crippen molar-refractivity contribution >= 4 is 56.2 Å². The zero-order valence-corrected chi connectivity index (χ0v) is 15.3. The Hall–Kier alpha value is -1.31. The van der Waals surface area contributed by atoms with Gasteiger partial charge in [0, 0.05) is 16.6 Å². The highest BCUT2D eigenvalue weighted by molar-refractivity contribution is 9.10. The Kier molecular flexibility index (Phi) is 5.66. The number of halogens is 1. The summed E-state index contributed by atoms with van der Waals surface area (Å²) >= 11 is 9.91. The van der Waals surface area contributed by atoms with Crippen LogP contribution >= 0.6 is 39.9 Å². The van der Waals surface area contributed by atoms with Crippen LogP contribution in [0, 0.1) is 0 Å². The minimum atomic E-state index is -0.129. The summed E-state index contributed by atoms with van der Waals surface area (Å²) in [4.78, 5) is 14.4. The number of carbonyl (C=O) groups excluding carboxylic acids is 1. The van der Waals surface area contributed by atoms with Crippen LogP contribution in [-0.4, -0.2) is 35.9 Å². The highest BCUT2D eigenvalue weighted by Gasteiger charge is 2.31. The van der Waals surface area contributed by atoms with E-state index in [0.29, 0.717) is 27.3 Å². The highest BCUT2D eigenvalue weighted by atomic mass is 79.9. The van der Waals surface area contributed by atoms with Crippen LogP contribution in [0.5, 0.6) is 11.5 Å². The molecule has 1 aromatic carbocycles. The maximum atomic E-state index is 12.4. The second-order valence-electron chi connectivity index (χ2n) is 4.31. The lowest BCUT2D eigenvalue weighted by Gasteiger charge is -2.12. The molecule has 0 saturated carbocycles. The third-order valence-corrected chi connectivity index (χ3v) is 4.78. The molecule has 0 aromatic heterocycles. The van der Waals surface area contributed by atoms with E-state index in [2.05, 4.69) is 22.5 Å². The van der Waals surface area contributed by atoms with E-state index in [1.807, 2.05) is 6.07 Å². The molecule has 0 unspecified atom stereocenters. The summed E-state index contributed by atoms with van der Waals surface area (Å²) in [6.45, 7) is 4.04. The molecule has 4 nitrogen and oxygen atoms in total. The van der Waals surface area contributed by atoms with Crippen LogP contribution in [0.3, 0.4) is 0 Å². The molecule has 0 N–H and O–H groups in total. The quantitative estimate of drug-likeness (QED) is 0.427. The molecular weight excluding hydrogens is 386 g/mol. The van der Waals surface area contributed by atoms with Crippen LogP contribution in [0.15, 0.2) is 34.2 Å². The van der Waals surface area contributed by atoms with Gasteiger partial charge in [0.25, 0.3) is 5.91 Å². The third-order valence-electron chi connectivity index (χ3n) is 2.94. The minimum Gasteiger partial charge on any atom is -0.493 e. The van der Waals surface area contributed by atoms with Crippen molar-refractivity contribution in [3.8, 4) is 11.5 Å². The van der Waals surface area contributed by atoms with Gasteiger partial charge in [-0.05, 0) is 18.2 Å². The summed E-state index contributed by atoms with van der Waals surface area (Å²) in [6.07, 6.45) is 3.41. The molecule has 1 aliphatic heterocycles. The van der Waals surface area contributed by atoms with Gasteiger partial charge in [-0.15, -0.1) is 6.58 Å². The lowest BCUT2D eigenvalue weighted by molar-refractivity contribution is -0.121. The van der Waals surface area contributed by atoms with Crippen molar-refractivity contribution in [2.75, 3.05) is 20.8 Å². The molecular formula is C15H14BrNO3S2. The molecule has 1 aromatic rings. The summed E-state index contributed by atoms with van der Waals surface area (Å²) in [5, 5.41) is 0. The zero-order valence-electron chi connectivity index (χ0n) is 12.1. The molecule has 1 heterocycles. The minimum absolute atomic E-state index is 0.129. The van der Waals surface area contributed by atoms with E-state index in [1.54, 1.807) is 32.4 Å². The Bertz CT molecular complexity index is 673. The number of nitrogens with zero attached hydrogens (tertiary/aromatic N) is 1. The number of hydrogen-bond acceptors (Lipinski definition) is 5. The van der Waals surface area contributed by atoms with Gasteiger partial charge in [0.05, 0.1) is 19.1 Å². The number of amides is 1. The topological polar surface area (TPSA) is 38.8 Å². The molecule has 22 heavy (non-hydrogen) atoms. The van der Waals surface area contributed by atoms with Crippen molar-refractivity contribution in [2.24, 2.45) is 0 Å². The average Bonchev–Trinajstić information content (AvgIpc) is 2.74. The SMILES string of the molecule is C=CCN1C(=O)/C(=C\c2cc(Br)cc(OC)c2OC)SC1=S. The van der Waals surface area contributed by atoms with Crippen molar-refractivity contribution in [3.63, 3.8) is 0 Å². The molecule has 0 spiro atoms. The predicted molar refractivity (Wildman–Crippen MR) is 97.3 cm³/mol. The average molecular weight is 400 g/mol. The number of hydrogen-bond donors (Lipinski definition) is 0. The maximum Gasteiger partial charge on any atom is 0.266 e. The first kappa shape index (κ1) is 17.1. The van der Waals surface area contributed by atoms with Gasteiger partial charge in [-0.3, -0.25) is 9.69 Å². The van der Waals surface area contributed by atoms with Crippen LogP contribution in [0.25, 0.3) is 6.08 Å². The van der Waals surface area contributed by atoms with Crippen LogP contribution in [0.2, 0.25) is 0 Å². The molecule has 1 aliphatic rings. The van der Waals surface area contributed by atoms with Gasteiger partial charge in [-0.1, -0.05) is 46.0 Å². The molecule has 1 saturated heterocycles. The lowest BCUT2D eigenvalue weighted by atomic mass is 10.1. The number of rotatable bonds is 5. The first-order valence-corrected chi connectivity index (χ1v) is 8.31. The van der Waals surface area contributed by atoms with Crippen molar-refractivity contribution in [1.29, 1.82) is 0 Å². The summed E-state index contributed by atoms with van der Waals surface area (Å²) in [5.41, 5.74) is 0.743. The number of benzene rings is 1. The summed E-state index contributed by atoms with van der Waals surface area (Å²) in [5.74, 6) is 1.03. The molecule has 0 atom stereocenters. The Morgan fingerprint density at radius 1 is 1.41 bits per heavy atom. The fourth-order valence-electron chi connectivity index (χ4n) is 1.99. The number of thioether (sulfide) groups is 1. The first-order valence-electron chi connectivity index (χ1n) is 6.29. The molecule has 0 aliphatic carbocycles. The van der Waals surface area contributed by atoms with Crippen molar-refractivity contribution in [1.82, 2.24) is 4.90 Å². The number of thiocarbonyl (C=S) groups is 1. The Labute approximate surface area is 147 Å². The predicted octanol–water partition coefficient (Wildman–Crippen LogP) is 3.85. The van der Waals surface area contributed by atoms with Gasteiger partial charge in [0.1, 0.15) is 4.32 Å². The molecule has 116 valence electrons. The molecule has 1 amide bonds. The van der Waals surface area contributed by atoms with Gasteiger partial charge < -0.3 is 9.47 Å². The highest BCUT2D eigenvalue weighted by Crippen LogP contribution is 2.39. The van der Waals surface area contributed by atoms with Crippen LogP contribution in [-0.2, 0) is 4.79 Å². The molecule has 2 rings (SSSR count). The van der Waals surface area contributed by atoms with E-state index in [-0.39, 0.29) is 5.91 Å². The summed E-state index contributed by atoms with van der Waals surface area (Å²) in [6, 6.07) is 3.67. The zero-order chi connectivity index (χ0) is 16.3. The fourth-order valence-corrected chi connectivity index (χ4v) is 3.71. The number of ether oxygens (including phenoxy) is 2. The standard InChI is InChI=1S/C15H14BrNO3S2/c1-4-5-17-14(18)12(22-15(17)21)7-9-6-10(16)8-11(19-2)13(9)20-3/h4,6-8H,1,5H2,2-3H3/b12-7+. The second-order valence-corrected chi connectivity index (χ2v) is 6.90. The molecule has 0 bridgehead atoms. The summed E-state index contributed by atoms with van der Waals surface area (Å²) in [7, 11) is 3.13. The summed E-state index contributed by atoms with van der Waals surface area (Å²) < 4.78 is 12.1. The largest absolute Gasteiger partial charge is 0.493 e. The van der Waals surface area contributed by atoms with Gasteiger partial charge in [-0.25, -0.2) is 0 Å². The lowest BCUT2D eigenvalue weighted by Crippen LogP contribution is -2.27. The van der Waals surface area contributed by atoms with Crippen molar-refractivity contribution in [2.45, 2.75) is 0 Å². The van der Waals surface area contributed by atoms with Gasteiger partial charge in [0.15, 0.2) is 11.5 Å². The van der Waals surface area contributed by atoms with E-state index >= 15 is 0 Å². The second kappa shape index (κ2) is 7.30. The molecule has 1 fully saturated rings. The van der Waals surface area contributed by atoms with Crippen LogP contribution < -0.4 is 9.47 Å². The smallest absolute Gasteiger partial charge is 0.266 e. The third kappa shape index (κ3) is 3.37. The normalized spacial score (nSPS) is 16.3. The van der Waals surface area contributed by atoms with E-state index in [0.717, 1.165) is 10.0 Å². The monoisotopic (exact) mass is 399 g/mol. The van der Waals surface area contributed by atoms with Gasteiger partial charge in [-0.2, -0.15) is 0 Å².